The highest BCUT2D eigenvalue weighted by atomic mass is 19.4. The van der Waals surface area contributed by atoms with Crippen molar-refractivity contribution >= 4 is 23.8 Å². The molecule has 0 radical (unpaired) electrons. The molecule has 2 aromatic carbocycles. The Morgan fingerprint density at radius 3 is 2.40 bits per heavy atom. The maximum absolute atomic E-state index is 13.8. The van der Waals surface area contributed by atoms with Crippen LogP contribution in [0.25, 0.3) is 28.8 Å². The molecule has 4 N–H and O–H groups in total. The highest BCUT2D eigenvalue weighted by Crippen LogP contribution is 2.39. The molecule has 0 spiro atoms. The molecular weight excluding hydrogens is 563 g/mol. The summed E-state index contributed by atoms with van der Waals surface area (Å²) < 4.78 is 42.9. The fraction of sp³-hybridized carbons (Fsp3) is 0.290. The summed E-state index contributed by atoms with van der Waals surface area (Å²) in [6, 6.07) is 15.7. The number of carboxylic acid groups (broad SMARTS) is 1. The summed E-state index contributed by atoms with van der Waals surface area (Å²) in [5.41, 5.74) is 0.384. The quantitative estimate of drug-likeness (QED) is 0.172. The van der Waals surface area contributed by atoms with Crippen molar-refractivity contribution in [3.05, 3.63) is 84.3 Å². The number of rotatable bonds is 10. The molecule has 9 nitrogen and oxygen atoms in total. The lowest BCUT2D eigenvalue weighted by molar-refractivity contribution is -0.139. The SMILES string of the molecule is CC(C)(C)c1nc(-c2ccnc(Nc3ccccc3)n2)c(-c2cccc(C(F)(F)F)c2)n1/C=C/C(O)CC(O)CC(=O)O. The van der Waals surface area contributed by atoms with Crippen LogP contribution < -0.4 is 5.32 Å². The van der Waals surface area contributed by atoms with E-state index in [0.29, 0.717) is 11.5 Å². The van der Waals surface area contributed by atoms with E-state index in [2.05, 4.69) is 15.3 Å². The normalized spacial score (nSPS) is 13.7. The van der Waals surface area contributed by atoms with Gasteiger partial charge in [-0.3, -0.25) is 4.79 Å². The molecule has 43 heavy (non-hydrogen) atoms. The number of imidazole rings is 1. The number of nitrogens with zero attached hydrogens (tertiary/aromatic N) is 4. The van der Waals surface area contributed by atoms with Gasteiger partial charge in [-0.2, -0.15) is 13.2 Å². The number of aliphatic hydroxyl groups excluding tert-OH is 2. The predicted octanol–water partition coefficient (Wildman–Crippen LogP) is 6.12. The van der Waals surface area contributed by atoms with E-state index in [-0.39, 0.29) is 29.3 Å². The van der Waals surface area contributed by atoms with Gasteiger partial charge in [0.2, 0.25) is 5.95 Å². The number of anilines is 2. The third-order valence-corrected chi connectivity index (χ3v) is 6.35. The average Bonchev–Trinajstić information content (AvgIpc) is 3.32. The van der Waals surface area contributed by atoms with Gasteiger partial charge in [-0.15, -0.1) is 0 Å². The van der Waals surface area contributed by atoms with Crippen LogP contribution in [0.4, 0.5) is 24.8 Å². The molecule has 4 aromatic rings. The number of aliphatic hydroxyl groups is 2. The number of para-hydroxylation sites is 1. The monoisotopic (exact) mass is 595 g/mol. The summed E-state index contributed by atoms with van der Waals surface area (Å²) >= 11 is 0. The van der Waals surface area contributed by atoms with Crippen molar-refractivity contribution in [2.75, 3.05) is 5.32 Å². The molecule has 2 unspecified atom stereocenters. The average molecular weight is 596 g/mol. The molecule has 2 heterocycles. The van der Waals surface area contributed by atoms with E-state index in [1.165, 1.54) is 30.6 Å². The number of hydrogen-bond acceptors (Lipinski definition) is 7. The van der Waals surface area contributed by atoms with Crippen LogP contribution in [0.5, 0.6) is 0 Å². The molecule has 0 aliphatic rings. The van der Waals surface area contributed by atoms with E-state index in [1.54, 1.807) is 10.6 Å². The Labute approximate surface area is 246 Å². The number of alkyl halides is 3. The zero-order valence-corrected chi connectivity index (χ0v) is 23.7. The van der Waals surface area contributed by atoms with E-state index in [0.717, 1.165) is 17.8 Å². The summed E-state index contributed by atoms with van der Waals surface area (Å²) in [6.45, 7) is 5.65. The first kappa shape index (κ1) is 31.4. The van der Waals surface area contributed by atoms with Crippen molar-refractivity contribution in [3.63, 3.8) is 0 Å². The maximum Gasteiger partial charge on any atom is 0.416 e. The first-order valence-corrected chi connectivity index (χ1v) is 13.4. The summed E-state index contributed by atoms with van der Waals surface area (Å²) in [6.07, 6.45) is -3.62. The van der Waals surface area contributed by atoms with Gasteiger partial charge >= 0.3 is 12.1 Å². The highest BCUT2D eigenvalue weighted by molar-refractivity contribution is 5.80. The van der Waals surface area contributed by atoms with Gasteiger partial charge in [0.15, 0.2) is 0 Å². The third kappa shape index (κ3) is 8.05. The van der Waals surface area contributed by atoms with Gasteiger partial charge in [-0.1, -0.05) is 51.1 Å². The molecule has 2 aromatic heterocycles. The number of benzene rings is 2. The number of carbonyl (C=O) groups is 1. The summed E-state index contributed by atoms with van der Waals surface area (Å²) in [5, 5.41) is 32.5. The molecule has 4 rings (SSSR count). The van der Waals surface area contributed by atoms with Crippen molar-refractivity contribution in [2.45, 2.75) is 57.4 Å². The van der Waals surface area contributed by atoms with E-state index in [4.69, 9.17) is 10.1 Å². The second-order valence-electron chi connectivity index (χ2n) is 11.0. The second-order valence-corrected chi connectivity index (χ2v) is 11.0. The third-order valence-electron chi connectivity index (χ3n) is 6.35. The minimum absolute atomic E-state index is 0.203. The fourth-order valence-corrected chi connectivity index (χ4v) is 4.43. The standard InChI is InChI=1S/C31H32F3N5O4/c1-30(2,3)28-38-26(24-12-14-35-29(37-24)36-21-10-5-4-6-11-21)27(19-8-7-9-20(16-19)31(32,33)34)39(28)15-13-22(40)17-23(41)18-25(42)43/h4-16,22-23,40-41H,17-18H2,1-3H3,(H,42,43)(H,35,36,37)/b15-13+. The molecule has 0 saturated carbocycles. The lowest BCUT2D eigenvalue weighted by Crippen LogP contribution is -2.20. The van der Waals surface area contributed by atoms with Crippen molar-refractivity contribution in [3.8, 4) is 22.6 Å². The van der Waals surface area contributed by atoms with Crippen molar-refractivity contribution in [2.24, 2.45) is 0 Å². The molecule has 0 aliphatic heterocycles. The van der Waals surface area contributed by atoms with Crippen LogP contribution in [0.15, 0.2) is 72.9 Å². The number of hydrogen-bond donors (Lipinski definition) is 4. The Morgan fingerprint density at radius 2 is 1.74 bits per heavy atom. The zero-order valence-electron chi connectivity index (χ0n) is 23.7. The van der Waals surface area contributed by atoms with Crippen molar-refractivity contribution < 1.29 is 33.3 Å². The number of carboxylic acids is 1. The number of halogens is 3. The minimum Gasteiger partial charge on any atom is -0.481 e. The van der Waals surface area contributed by atoms with E-state index < -0.39 is 41.8 Å². The summed E-state index contributed by atoms with van der Waals surface area (Å²) in [4.78, 5) is 24.7. The molecule has 2 atom stereocenters. The van der Waals surface area contributed by atoms with Crippen LogP contribution in [0.1, 0.15) is 45.0 Å². The van der Waals surface area contributed by atoms with Crippen molar-refractivity contribution in [1.82, 2.24) is 19.5 Å². The number of nitrogens with one attached hydrogen (secondary N) is 1. The van der Waals surface area contributed by atoms with Crippen LogP contribution in [0.2, 0.25) is 0 Å². The number of aromatic nitrogens is 4. The summed E-state index contributed by atoms with van der Waals surface area (Å²) in [5.74, 6) is -0.500. The lowest BCUT2D eigenvalue weighted by Gasteiger charge is -2.20. The van der Waals surface area contributed by atoms with Gasteiger partial charge in [-0.05, 0) is 36.4 Å². The Morgan fingerprint density at radius 1 is 1.02 bits per heavy atom. The predicted molar refractivity (Wildman–Crippen MR) is 156 cm³/mol. The number of aliphatic carboxylic acids is 1. The van der Waals surface area contributed by atoms with Gasteiger partial charge in [0.1, 0.15) is 11.5 Å². The molecule has 0 saturated heterocycles. The molecule has 0 fully saturated rings. The second kappa shape index (κ2) is 12.8. The topological polar surface area (TPSA) is 133 Å². The molecule has 0 amide bonds. The summed E-state index contributed by atoms with van der Waals surface area (Å²) in [7, 11) is 0. The van der Waals surface area contributed by atoms with Gasteiger partial charge in [0, 0.05) is 35.5 Å². The highest BCUT2D eigenvalue weighted by Gasteiger charge is 2.32. The Balaban J connectivity index is 1.89. The smallest absolute Gasteiger partial charge is 0.416 e. The van der Waals surface area contributed by atoms with Crippen molar-refractivity contribution in [1.29, 1.82) is 0 Å². The van der Waals surface area contributed by atoms with Crippen LogP contribution >= 0.6 is 0 Å². The van der Waals surface area contributed by atoms with E-state index in [9.17, 15) is 28.2 Å². The van der Waals surface area contributed by atoms with Crippen LogP contribution in [-0.4, -0.2) is 53.0 Å². The molecule has 12 heteroatoms. The van der Waals surface area contributed by atoms with Gasteiger partial charge in [-0.25, -0.2) is 15.0 Å². The van der Waals surface area contributed by atoms with E-state index in [1.807, 2.05) is 51.1 Å². The largest absolute Gasteiger partial charge is 0.481 e. The van der Waals surface area contributed by atoms with Crippen LogP contribution in [0.3, 0.4) is 0 Å². The van der Waals surface area contributed by atoms with Gasteiger partial charge in [0.05, 0.1) is 35.6 Å². The van der Waals surface area contributed by atoms with Gasteiger partial charge in [0.25, 0.3) is 0 Å². The Kier molecular flexibility index (Phi) is 9.31. The first-order valence-electron chi connectivity index (χ1n) is 13.4. The Bertz CT molecular complexity index is 1600. The molecule has 0 bridgehead atoms. The fourth-order valence-electron chi connectivity index (χ4n) is 4.43. The van der Waals surface area contributed by atoms with Crippen LogP contribution in [-0.2, 0) is 16.4 Å². The maximum atomic E-state index is 13.8. The molecular formula is C31H32F3N5O4. The first-order chi connectivity index (χ1) is 20.2. The minimum atomic E-state index is -4.60. The van der Waals surface area contributed by atoms with Gasteiger partial charge < -0.3 is 25.2 Å². The van der Waals surface area contributed by atoms with Crippen LogP contribution in [0, 0.1) is 0 Å². The lowest BCUT2D eigenvalue weighted by atomic mass is 9.95. The zero-order chi connectivity index (χ0) is 31.4. The molecule has 226 valence electrons. The van der Waals surface area contributed by atoms with E-state index >= 15 is 0 Å². The Hall–Kier alpha value is -4.55. The molecule has 0 aliphatic carbocycles.